The third kappa shape index (κ3) is 5.60. The van der Waals surface area contributed by atoms with Crippen LogP contribution in [0.3, 0.4) is 0 Å². The minimum Gasteiger partial charge on any atom is -0.464 e. The number of rotatable bonds is 4. The summed E-state index contributed by atoms with van der Waals surface area (Å²) in [7, 11) is 2.90. The van der Waals surface area contributed by atoms with Crippen LogP contribution >= 0.6 is 11.6 Å². The van der Waals surface area contributed by atoms with Crippen molar-refractivity contribution in [2.45, 2.75) is 19.4 Å². The third-order valence-corrected chi connectivity index (χ3v) is 3.25. The highest BCUT2D eigenvalue weighted by atomic mass is 35.5. The van der Waals surface area contributed by atoms with Crippen molar-refractivity contribution in [3.05, 3.63) is 23.4 Å². The summed E-state index contributed by atoms with van der Waals surface area (Å²) in [6, 6.07) is 1.65. The second-order valence-corrected chi connectivity index (χ2v) is 5.50. The lowest BCUT2D eigenvalue weighted by Gasteiger charge is -2.29. The monoisotopic (exact) mass is 371 g/mol. The minimum absolute atomic E-state index is 0.0582. The van der Waals surface area contributed by atoms with Crippen molar-refractivity contribution in [1.29, 1.82) is 0 Å². The van der Waals surface area contributed by atoms with Crippen molar-refractivity contribution in [2.24, 2.45) is 0 Å². The fourth-order valence-corrected chi connectivity index (χ4v) is 1.92. The van der Waals surface area contributed by atoms with Crippen LogP contribution in [0.15, 0.2) is 18.3 Å². The maximum atomic E-state index is 12.0. The zero-order valence-corrected chi connectivity index (χ0v) is 14.6. The summed E-state index contributed by atoms with van der Waals surface area (Å²) in [5.41, 5.74) is 1.92. The number of hydrogen-bond acceptors (Lipinski definition) is 5. The van der Waals surface area contributed by atoms with Gasteiger partial charge in [-0.15, -0.1) is 0 Å². The first-order valence-corrected chi connectivity index (χ1v) is 7.52. The second kappa shape index (κ2) is 8.83. The van der Waals surface area contributed by atoms with Gasteiger partial charge in [-0.1, -0.05) is 18.5 Å². The molecule has 0 aliphatic carbocycles. The van der Waals surface area contributed by atoms with Gasteiger partial charge in [0, 0.05) is 20.3 Å². The molecule has 0 aliphatic heterocycles. The molecule has 10 nitrogen and oxygen atoms in total. The number of carboxylic acid groups (broad SMARTS) is 1. The van der Waals surface area contributed by atoms with Crippen LogP contribution in [0.4, 0.5) is 10.6 Å². The van der Waals surface area contributed by atoms with Crippen molar-refractivity contribution < 1.29 is 24.3 Å². The normalized spacial score (nSPS) is 11.2. The molecule has 11 heteroatoms. The summed E-state index contributed by atoms with van der Waals surface area (Å²) in [5, 5.41) is 12.2. The first-order valence-electron chi connectivity index (χ1n) is 7.14. The van der Waals surface area contributed by atoms with Gasteiger partial charge in [-0.05, 0) is 18.6 Å². The van der Waals surface area contributed by atoms with Crippen LogP contribution in [-0.2, 0) is 14.4 Å². The van der Waals surface area contributed by atoms with E-state index >= 15 is 0 Å². The molecule has 0 radical (unpaired) electrons. The van der Waals surface area contributed by atoms with E-state index in [0.717, 1.165) is 0 Å². The van der Waals surface area contributed by atoms with Crippen LogP contribution in [0.2, 0.25) is 5.02 Å². The van der Waals surface area contributed by atoms with E-state index in [1.54, 1.807) is 6.92 Å². The summed E-state index contributed by atoms with van der Waals surface area (Å²) in [4.78, 5) is 52.2. The zero-order valence-electron chi connectivity index (χ0n) is 13.8. The topological polar surface area (TPSA) is 132 Å². The van der Waals surface area contributed by atoms with Crippen LogP contribution in [0.25, 0.3) is 0 Å². The summed E-state index contributed by atoms with van der Waals surface area (Å²) in [6.45, 7) is 1.58. The number of amides is 4. The van der Waals surface area contributed by atoms with Crippen LogP contribution in [0, 0.1) is 0 Å². The largest absolute Gasteiger partial charge is 0.464 e. The third-order valence-electron chi connectivity index (χ3n) is 3.03. The van der Waals surface area contributed by atoms with E-state index in [4.69, 9.17) is 11.6 Å². The lowest BCUT2D eigenvalue weighted by Crippen LogP contribution is -2.58. The van der Waals surface area contributed by atoms with Crippen LogP contribution in [0.1, 0.15) is 13.3 Å². The van der Waals surface area contributed by atoms with Crippen LogP contribution < -0.4 is 10.7 Å². The average Bonchev–Trinajstić information content (AvgIpc) is 2.55. The molecular weight excluding hydrogens is 354 g/mol. The van der Waals surface area contributed by atoms with Gasteiger partial charge in [0.15, 0.2) is 0 Å². The molecule has 0 saturated carbocycles. The Hall–Kier alpha value is -2.88. The Morgan fingerprint density at radius 2 is 1.88 bits per heavy atom. The maximum absolute atomic E-state index is 12.0. The van der Waals surface area contributed by atoms with E-state index < -0.39 is 29.9 Å². The molecule has 1 unspecified atom stereocenters. The molecule has 0 aromatic carbocycles. The molecule has 1 rings (SSSR count). The van der Waals surface area contributed by atoms with Gasteiger partial charge in [-0.2, -0.15) is 0 Å². The van der Waals surface area contributed by atoms with Gasteiger partial charge in [0.2, 0.25) is 5.91 Å². The van der Waals surface area contributed by atoms with E-state index in [1.165, 1.54) is 37.3 Å². The van der Waals surface area contributed by atoms with E-state index in [9.17, 15) is 24.3 Å². The fraction of sp³-hybridized carbons (Fsp3) is 0.357. The molecule has 3 N–H and O–H groups in total. The molecule has 0 bridgehead atoms. The number of hydrogen-bond donors (Lipinski definition) is 3. The number of pyridine rings is 1. The molecule has 1 heterocycles. The molecule has 1 aromatic heterocycles. The molecule has 136 valence electrons. The number of carbonyl (C=O) groups is 4. The van der Waals surface area contributed by atoms with Crippen molar-refractivity contribution in [3.63, 3.8) is 0 Å². The molecule has 1 atom stereocenters. The molecule has 0 aliphatic rings. The second-order valence-electron chi connectivity index (χ2n) is 5.07. The van der Waals surface area contributed by atoms with Gasteiger partial charge in [0.1, 0.15) is 11.9 Å². The Kier molecular flexibility index (Phi) is 7.12. The number of carbonyl (C=O) groups excluding carboxylic acids is 3. The predicted molar refractivity (Wildman–Crippen MR) is 88.7 cm³/mol. The standard InChI is InChI=1S/C14H18ClN5O5/c1-4-9(13(23)19(2)3)20(14(24)25)18-12(22)11(21)17-10-6-5-8(15)7-16-10/h5-7,9H,4H2,1-3H3,(H,18,22)(H,24,25)(H,16,17,21). The summed E-state index contributed by atoms with van der Waals surface area (Å²) < 4.78 is 0. The van der Waals surface area contributed by atoms with Crippen LogP contribution in [0.5, 0.6) is 0 Å². The Morgan fingerprint density at radius 1 is 1.24 bits per heavy atom. The lowest BCUT2D eigenvalue weighted by atomic mass is 10.2. The SMILES string of the molecule is CCC(C(=O)N(C)C)N(NC(=O)C(=O)Nc1ccc(Cl)cn1)C(=O)O. The molecule has 0 spiro atoms. The van der Waals surface area contributed by atoms with Gasteiger partial charge in [-0.3, -0.25) is 19.8 Å². The van der Waals surface area contributed by atoms with E-state index in [-0.39, 0.29) is 12.2 Å². The highest BCUT2D eigenvalue weighted by molar-refractivity contribution is 6.39. The van der Waals surface area contributed by atoms with E-state index in [1.807, 2.05) is 5.43 Å². The predicted octanol–water partition coefficient (Wildman–Crippen LogP) is 0.552. The highest BCUT2D eigenvalue weighted by Gasteiger charge is 2.32. The Labute approximate surface area is 148 Å². The van der Waals surface area contributed by atoms with E-state index in [2.05, 4.69) is 10.3 Å². The first kappa shape index (κ1) is 20.2. The number of halogens is 1. The van der Waals surface area contributed by atoms with Crippen molar-refractivity contribution in [3.8, 4) is 0 Å². The van der Waals surface area contributed by atoms with Crippen molar-refractivity contribution in [1.82, 2.24) is 20.3 Å². The Bertz CT molecular complexity index is 664. The average molecular weight is 372 g/mol. The Balaban J connectivity index is 2.84. The molecule has 0 fully saturated rings. The molecule has 1 aromatic rings. The minimum atomic E-state index is -1.58. The molecule has 25 heavy (non-hydrogen) atoms. The van der Waals surface area contributed by atoms with Gasteiger partial charge >= 0.3 is 17.9 Å². The molecular formula is C14H18ClN5O5. The number of aromatic nitrogens is 1. The van der Waals surface area contributed by atoms with Crippen molar-refractivity contribution >= 4 is 41.2 Å². The number of nitrogens with one attached hydrogen (secondary N) is 2. The zero-order chi connectivity index (χ0) is 19.1. The summed E-state index contributed by atoms with van der Waals surface area (Å²) in [5.74, 6) is -2.88. The smallest absolute Gasteiger partial charge is 0.426 e. The molecule has 0 saturated heterocycles. The lowest BCUT2D eigenvalue weighted by molar-refractivity contribution is -0.142. The van der Waals surface area contributed by atoms with Crippen LogP contribution in [-0.4, -0.2) is 64.0 Å². The number of anilines is 1. The van der Waals surface area contributed by atoms with Gasteiger partial charge in [-0.25, -0.2) is 14.8 Å². The van der Waals surface area contributed by atoms with Crippen molar-refractivity contribution in [2.75, 3.05) is 19.4 Å². The summed E-state index contributed by atoms with van der Waals surface area (Å²) >= 11 is 5.66. The maximum Gasteiger partial charge on any atom is 0.426 e. The van der Waals surface area contributed by atoms with Gasteiger partial charge in [0.05, 0.1) is 5.02 Å². The number of nitrogens with zero attached hydrogens (tertiary/aromatic N) is 3. The number of hydrazine groups is 1. The van der Waals surface area contributed by atoms with Gasteiger partial charge < -0.3 is 15.3 Å². The number of likely N-dealkylation sites (N-methyl/N-ethyl adjacent to an activating group) is 1. The Morgan fingerprint density at radius 3 is 2.32 bits per heavy atom. The van der Waals surface area contributed by atoms with E-state index in [0.29, 0.717) is 10.0 Å². The summed E-state index contributed by atoms with van der Waals surface area (Å²) in [6.07, 6.45) is -0.210. The quantitative estimate of drug-likeness (QED) is 0.523. The molecule has 4 amide bonds. The highest BCUT2D eigenvalue weighted by Crippen LogP contribution is 2.09. The van der Waals surface area contributed by atoms with Gasteiger partial charge in [0.25, 0.3) is 0 Å². The fourth-order valence-electron chi connectivity index (χ4n) is 1.81. The first-order chi connectivity index (χ1) is 11.7.